The highest BCUT2D eigenvalue weighted by Crippen LogP contribution is 2.10. The average Bonchev–Trinajstić information content (AvgIpc) is 2.73. The van der Waals surface area contributed by atoms with Crippen molar-refractivity contribution >= 4 is 0 Å². The van der Waals surface area contributed by atoms with Gasteiger partial charge >= 0.3 is 0 Å². The van der Waals surface area contributed by atoms with Crippen molar-refractivity contribution in [2.45, 2.75) is 26.4 Å². The zero-order valence-corrected chi connectivity index (χ0v) is 10.6. The van der Waals surface area contributed by atoms with E-state index in [0.717, 1.165) is 51.6 Å². The summed E-state index contributed by atoms with van der Waals surface area (Å²) in [6.45, 7) is 8.40. The molecule has 2 N–H and O–H groups in total. The summed E-state index contributed by atoms with van der Waals surface area (Å²) in [7, 11) is 0. The van der Waals surface area contributed by atoms with Crippen molar-refractivity contribution in [3.63, 3.8) is 0 Å². The Morgan fingerprint density at radius 3 is 2.82 bits per heavy atom. The molecule has 1 aliphatic rings. The lowest BCUT2D eigenvalue weighted by molar-refractivity contribution is 0.0326. The molecule has 0 bridgehead atoms. The van der Waals surface area contributed by atoms with E-state index in [-0.39, 0.29) is 0 Å². The molecule has 5 nitrogen and oxygen atoms in total. The predicted octanol–water partition coefficient (Wildman–Crippen LogP) is 0.236. The molecule has 1 saturated heterocycles. The van der Waals surface area contributed by atoms with Crippen LogP contribution in [0, 0.1) is 0 Å². The Labute approximate surface area is 103 Å². The quantitative estimate of drug-likeness (QED) is 0.798. The molecule has 0 atom stereocenters. The van der Waals surface area contributed by atoms with Crippen LogP contribution >= 0.6 is 0 Å². The third-order valence-corrected chi connectivity index (χ3v) is 3.21. The van der Waals surface area contributed by atoms with Crippen LogP contribution in [0.1, 0.15) is 18.4 Å². The molecule has 1 fully saturated rings. The van der Waals surface area contributed by atoms with Gasteiger partial charge in [0.1, 0.15) is 5.82 Å². The Morgan fingerprint density at radius 1 is 1.41 bits per heavy atom. The molecule has 1 aromatic heterocycles. The predicted molar refractivity (Wildman–Crippen MR) is 66.8 cm³/mol. The highest BCUT2D eigenvalue weighted by molar-refractivity contribution is 5.06. The van der Waals surface area contributed by atoms with Gasteiger partial charge in [-0.2, -0.15) is 0 Å². The minimum absolute atomic E-state index is 0.683. The van der Waals surface area contributed by atoms with Crippen LogP contribution in [0.2, 0.25) is 0 Å². The molecule has 17 heavy (non-hydrogen) atoms. The first kappa shape index (κ1) is 12.5. The molecule has 2 heterocycles. The number of nitrogens with zero attached hydrogens (tertiary/aromatic N) is 3. The zero-order chi connectivity index (χ0) is 12.1. The number of imidazole rings is 1. The maximum Gasteiger partial charge on any atom is 0.123 e. The molecule has 1 aromatic rings. The van der Waals surface area contributed by atoms with Crippen molar-refractivity contribution in [2.75, 3.05) is 32.8 Å². The molecule has 0 unspecified atom stereocenters. The minimum atomic E-state index is 0.683. The first-order valence-corrected chi connectivity index (χ1v) is 6.38. The number of nitrogens with two attached hydrogens (primary N) is 1. The van der Waals surface area contributed by atoms with E-state index in [1.807, 2.05) is 6.20 Å². The van der Waals surface area contributed by atoms with Gasteiger partial charge in [0.25, 0.3) is 0 Å². The summed E-state index contributed by atoms with van der Waals surface area (Å²) in [6.07, 6.45) is 2.87. The van der Waals surface area contributed by atoms with Gasteiger partial charge in [-0.1, -0.05) is 0 Å². The fourth-order valence-corrected chi connectivity index (χ4v) is 2.27. The number of morpholine rings is 1. The van der Waals surface area contributed by atoms with Crippen molar-refractivity contribution in [2.24, 2.45) is 5.73 Å². The van der Waals surface area contributed by atoms with Crippen LogP contribution in [-0.4, -0.2) is 47.3 Å². The standard InChI is InChI=1S/C12H22N4O/c1-2-16-11(3-4-13)9-14-12(16)10-15-5-7-17-8-6-15/h9H,2-8,10,13H2,1H3. The minimum Gasteiger partial charge on any atom is -0.379 e. The smallest absolute Gasteiger partial charge is 0.123 e. The van der Waals surface area contributed by atoms with E-state index in [0.29, 0.717) is 6.54 Å². The Hall–Kier alpha value is -0.910. The van der Waals surface area contributed by atoms with Gasteiger partial charge in [-0.3, -0.25) is 4.90 Å². The van der Waals surface area contributed by atoms with Gasteiger partial charge in [-0.15, -0.1) is 0 Å². The summed E-state index contributed by atoms with van der Waals surface area (Å²) in [5, 5.41) is 0. The van der Waals surface area contributed by atoms with E-state index in [2.05, 4.69) is 21.4 Å². The lowest BCUT2D eigenvalue weighted by atomic mass is 10.3. The number of aromatic nitrogens is 2. The molecule has 5 heteroatoms. The van der Waals surface area contributed by atoms with Crippen molar-refractivity contribution in [3.8, 4) is 0 Å². The first-order chi connectivity index (χ1) is 8.35. The second-order valence-electron chi connectivity index (χ2n) is 4.34. The van der Waals surface area contributed by atoms with Gasteiger partial charge in [-0.25, -0.2) is 4.98 Å². The van der Waals surface area contributed by atoms with Gasteiger partial charge < -0.3 is 15.0 Å². The van der Waals surface area contributed by atoms with E-state index < -0.39 is 0 Å². The largest absolute Gasteiger partial charge is 0.379 e. The highest BCUT2D eigenvalue weighted by atomic mass is 16.5. The van der Waals surface area contributed by atoms with Gasteiger partial charge in [0.15, 0.2) is 0 Å². The number of hydrogen-bond acceptors (Lipinski definition) is 4. The lowest BCUT2D eigenvalue weighted by Gasteiger charge is -2.26. The van der Waals surface area contributed by atoms with Crippen LogP contribution in [0.3, 0.4) is 0 Å². The Balaban J connectivity index is 2.03. The fourth-order valence-electron chi connectivity index (χ4n) is 2.27. The van der Waals surface area contributed by atoms with Gasteiger partial charge in [0, 0.05) is 37.9 Å². The number of hydrogen-bond donors (Lipinski definition) is 1. The summed E-state index contributed by atoms with van der Waals surface area (Å²) >= 11 is 0. The van der Waals surface area contributed by atoms with Crippen molar-refractivity contribution < 1.29 is 4.74 Å². The maximum absolute atomic E-state index is 5.61. The normalized spacial score (nSPS) is 17.5. The maximum atomic E-state index is 5.61. The third kappa shape index (κ3) is 3.06. The summed E-state index contributed by atoms with van der Waals surface area (Å²) < 4.78 is 7.63. The second-order valence-corrected chi connectivity index (χ2v) is 4.34. The van der Waals surface area contributed by atoms with Crippen molar-refractivity contribution in [3.05, 3.63) is 17.7 Å². The topological polar surface area (TPSA) is 56.3 Å². The van der Waals surface area contributed by atoms with Crippen LogP contribution in [0.15, 0.2) is 6.20 Å². The SMILES string of the molecule is CCn1c(CCN)cnc1CN1CCOCC1. The fraction of sp³-hybridized carbons (Fsp3) is 0.750. The van der Waals surface area contributed by atoms with E-state index in [1.54, 1.807) is 0 Å². The van der Waals surface area contributed by atoms with Gasteiger partial charge in [0.05, 0.1) is 19.8 Å². The molecule has 2 rings (SSSR count). The molecule has 0 aliphatic carbocycles. The molecular weight excluding hydrogens is 216 g/mol. The van der Waals surface area contributed by atoms with E-state index >= 15 is 0 Å². The summed E-state index contributed by atoms with van der Waals surface area (Å²) in [5.41, 5.74) is 6.86. The van der Waals surface area contributed by atoms with Crippen LogP contribution < -0.4 is 5.73 Å². The molecule has 0 amide bonds. The molecule has 0 saturated carbocycles. The van der Waals surface area contributed by atoms with E-state index in [1.165, 1.54) is 5.69 Å². The Bertz CT molecular complexity index is 344. The van der Waals surface area contributed by atoms with Crippen molar-refractivity contribution in [1.82, 2.24) is 14.5 Å². The summed E-state index contributed by atoms with van der Waals surface area (Å²) in [5.74, 6) is 1.15. The third-order valence-electron chi connectivity index (χ3n) is 3.21. The van der Waals surface area contributed by atoms with Crippen LogP contribution in [0.25, 0.3) is 0 Å². The first-order valence-electron chi connectivity index (χ1n) is 6.38. The van der Waals surface area contributed by atoms with Gasteiger partial charge in [-0.05, 0) is 13.5 Å². The molecule has 96 valence electrons. The Kier molecular flexibility index (Phi) is 4.53. The van der Waals surface area contributed by atoms with Gasteiger partial charge in [0.2, 0.25) is 0 Å². The van der Waals surface area contributed by atoms with Crippen LogP contribution in [-0.2, 0) is 24.2 Å². The van der Waals surface area contributed by atoms with Crippen LogP contribution in [0.4, 0.5) is 0 Å². The number of ether oxygens (including phenoxy) is 1. The lowest BCUT2D eigenvalue weighted by Crippen LogP contribution is -2.36. The molecule has 0 radical (unpaired) electrons. The zero-order valence-electron chi connectivity index (χ0n) is 10.6. The molecule has 0 spiro atoms. The number of rotatable bonds is 5. The van der Waals surface area contributed by atoms with E-state index in [9.17, 15) is 0 Å². The monoisotopic (exact) mass is 238 g/mol. The molecule has 0 aromatic carbocycles. The summed E-state index contributed by atoms with van der Waals surface area (Å²) in [6, 6.07) is 0. The Morgan fingerprint density at radius 2 is 2.18 bits per heavy atom. The molecule has 1 aliphatic heterocycles. The summed E-state index contributed by atoms with van der Waals surface area (Å²) in [4.78, 5) is 6.92. The van der Waals surface area contributed by atoms with E-state index in [4.69, 9.17) is 10.5 Å². The average molecular weight is 238 g/mol. The second kappa shape index (κ2) is 6.14. The van der Waals surface area contributed by atoms with Crippen molar-refractivity contribution in [1.29, 1.82) is 0 Å². The van der Waals surface area contributed by atoms with Crippen LogP contribution in [0.5, 0.6) is 0 Å². The highest BCUT2D eigenvalue weighted by Gasteiger charge is 2.15. The molecular formula is C12H22N4O.